The van der Waals surface area contributed by atoms with E-state index in [4.69, 9.17) is 5.41 Å². The third kappa shape index (κ3) is 1.32. The highest BCUT2D eigenvalue weighted by atomic mass is 14.4. The molecule has 0 saturated heterocycles. The van der Waals surface area contributed by atoms with Gasteiger partial charge in [-0.3, -0.25) is 0 Å². The van der Waals surface area contributed by atoms with Crippen LogP contribution in [-0.4, -0.2) is 6.21 Å². The van der Waals surface area contributed by atoms with Crippen LogP contribution in [0.4, 0.5) is 0 Å². The summed E-state index contributed by atoms with van der Waals surface area (Å²) >= 11 is 0. The molecule has 1 saturated carbocycles. The lowest BCUT2D eigenvalue weighted by Gasteiger charge is -2.05. The number of hydrogen-bond donors (Lipinski definition) is 1. The van der Waals surface area contributed by atoms with Crippen molar-refractivity contribution in [3.05, 3.63) is 0 Å². The fourth-order valence-electron chi connectivity index (χ4n) is 1.83. The highest BCUT2D eigenvalue weighted by Crippen LogP contribution is 2.34. The third-order valence-electron chi connectivity index (χ3n) is 2.39. The molecule has 1 N–H and O–H groups in total. The van der Waals surface area contributed by atoms with Crippen molar-refractivity contribution in [3.63, 3.8) is 0 Å². The Morgan fingerprint density at radius 1 is 1.33 bits per heavy atom. The summed E-state index contributed by atoms with van der Waals surface area (Å²) < 4.78 is 0. The Bertz CT molecular complexity index is 109. The highest BCUT2D eigenvalue weighted by Gasteiger charge is 2.26. The average molecular weight is 125 g/mol. The molecular formula is C8H15N. The van der Waals surface area contributed by atoms with Crippen molar-refractivity contribution in [2.45, 2.75) is 26.7 Å². The summed E-state index contributed by atoms with van der Waals surface area (Å²) in [6.07, 6.45) is 4.18. The Balaban J connectivity index is 2.47. The number of rotatable bonds is 1. The van der Waals surface area contributed by atoms with E-state index < -0.39 is 0 Å². The van der Waals surface area contributed by atoms with Crippen LogP contribution in [0.2, 0.25) is 0 Å². The highest BCUT2D eigenvalue weighted by molar-refractivity contribution is 5.57. The molecule has 3 atom stereocenters. The Hall–Kier alpha value is -0.330. The van der Waals surface area contributed by atoms with Crippen molar-refractivity contribution in [1.82, 2.24) is 0 Å². The molecule has 1 aliphatic rings. The van der Waals surface area contributed by atoms with Crippen LogP contribution < -0.4 is 0 Å². The maximum Gasteiger partial charge on any atom is -0.00140 e. The molecule has 9 heavy (non-hydrogen) atoms. The van der Waals surface area contributed by atoms with Gasteiger partial charge in [0.15, 0.2) is 0 Å². The van der Waals surface area contributed by atoms with Gasteiger partial charge < -0.3 is 5.41 Å². The molecule has 0 aromatic rings. The predicted molar refractivity (Wildman–Crippen MR) is 39.8 cm³/mol. The van der Waals surface area contributed by atoms with Crippen molar-refractivity contribution in [3.8, 4) is 0 Å². The Morgan fingerprint density at radius 2 is 2.00 bits per heavy atom. The lowest BCUT2D eigenvalue weighted by Crippen LogP contribution is -2.03. The van der Waals surface area contributed by atoms with Gasteiger partial charge in [0.2, 0.25) is 0 Å². The normalized spacial score (nSPS) is 43.1. The minimum absolute atomic E-state index is 0.583. The average Bonchev–Trinajstić information content (AvgIpc) is 2.10. The van der Waals surface area contributed by atoms with Gasteiger partial charge in [-0.15, -0.1) is 0 Å². The Labute approximate surface area is 57.0 Å². The molecule has 0 radical (unpaired) electrons. The van der Waals surface area contributed by atoms with E-state index in [2.05, 4.69) is 13.8 Å². The fraction of sp³-hybridized carbons (Fsp3) is 0.875. The van der Waals surface area contributed by atoms with Gasteiger partial charge in [-0.1, -0.05) is 13.8 Å². The molecule has 1 fully saturated rings. The van der Waals surface area contributed by atoms with Gasteiger partial charge in [0.05, 0.1) is 0 Å². The maximum atomic E-state index is 7.10. The Morgan fingerprint density at radius 3 is 2.22 bits per heavy atom. The lowest BCUT2D eigenvalue weighted by atomic mass is 10.0. The summed E-state index contributed by atoms with van der Waals surface area (Å²) in [5.41, 5.74) is 0. The van der Waals surface area contributed by atoms with E-state index in [1.807, 2.05) is 0 Å². The monoisotopic (exact) mass is 125 g/mol. The van der Waals surface area contributed by atoms with Gasteiger partial charge in [-0.2, -0.15) is 0 Å². The van der Waals surface area contributed by atoms with Crippen molar-refractivity contribution < 1.29 is 0 Å². The first kappa shape index (κ1) is 6.79. The van der Waals surface area contributed by atoms with E-state index in [1.165, 1.54) is 12.8 Å². The largest absolute Gasteiger partial charge is 0.313 e. The zero-order chi connectivity index (χ0) is 6.85. The quantitative estimate of drug-likeness (QED) is 0.520. The topological polar surface area (TPSA) is 23.9 Å². The van der Waals surface area contributed by atoms with Crippen molar-refractivity contribution >= 4 is 6.21 Å². The maximum absolute atomic E-state index is 7.10. The van der Waals surface area contributed by atoms with Crippen LogP contribution in [0.25, 0.3) is 0 Å². The summed E-state index contributed by atoms with van der Waals surface area (Å²) in [5.74, 6) is 2.20. The minimum Gasteiger partial charge on any atom is -0.313 e. The predicted octanol–water partition coefficient (Wildman–Crippen LogP) is 2.32. The molecule has 0 aromatic heterocycles. The molecule has 0 bridgehead atoms. The number of nitrogens with one attached hydrogen (secondary N) is 1. The molecule has 1 nitrogen and oxygen atoms in total. The first-order chi connectivity index (χ1) is 4.24. The van der Waals surface area contributed by atoms with Crippen molar-refractivity contribution in [2.24, 2.45) is 17.8 Å². The van der Waals surface area contributed by atoms with Gasteiger partial charge in [0.25, 0.3) is 0 Å². The molecule has 1 aliphatic carbocycles. The standard InChI is InChI=1S/C8H15N/c1-6-3-7(2)8(4-6)5-9/h5-9H,3-4H2,1-2H3. The molecule has 0 amide bonds. The van der Waals surface area contributed by atoms with E-state index in [0.29, 0.717) is 5.92 Å². The second-order valence-electron chi connectivity index (χ2n) is 3.38. The molecule has 1 rings (SSSR count). The van der Waals surface area contributed by atoms with Crippen LogP contribution in [0.5, 0.6) is 0 Å². The van der Waals surface area contributed by atoms with Crippen LogP contribution in [0.15, 0.2) is 0 Å². The van der Waals surface area contributed by atoms with Gasteiger partial charge in [0.1, 0.15) is 0 Å². The molecule has 0 aliphatic heterocycles. The number of hydrogen-bond acceptors (Lipinski definition) is 1. The third-order valence-corrected chi connectivity index (χ3v) is 2.39. The van der Waals surface area contributed by atoms with Crippen LogP contribution in [-0.2, 0) is 0 Å². The summed E-state index contributed by atoms with van der Waals surface area (Å²) in [4.78, 5) is 0. The zero-order valence-electron chi connectivity index (χ0n) is 6.22. The molecule has 1 heteroatoms. The van der Waals surface area contributed by atoms with Crippen LogP contribution in [0, 0.1) is 23.2 Å². The van der Waals surface area contributed by atoms with Gasteiger partial charge in [-0.05, 0) is 36.8 Å². The van der Waals surface area contributed by atoms with Crippen molar-refractivity contribution in [1.29, 1.82) is 5.41 Å². The minimum atomic E-state index is 0.583. The van der Waals surface area contributed by atoms with Crippen molar-refractivity contribution in [2.75, 3.05) is 0 Å². The fourth-order valence-corrected chi connectivity index (χ4v) is 1.83. The lowest BCUT2D eigenvalue weighted by molar-refractivity contribution is 0.528. The SMILES string of the molecule is CC1CC(C)C(C=N)C1. The molecule has 0 aromatic carbocycles. The summed E-state index contributed by atoms with van der Waals surface area (Å²) in [6, 6.07) is 0. The second-order valence-corrected chi connectivity index (χ2v) is 3.38. The van der Waals surface area contributed by atoms with E-state index in [1.54, 1.807) is 6.21 Å². The summed E-state index contributed by atoms with van der Waals surface area (Å²) in [7, 11) is 0. The Kier molecular flexibility index (Phi) is 1.89. The molecule has 0 spiro atoms. The van der Waals surface area contributed by atoms with Gasteiger partial charge in [0, 0.05) is 0 Å². The second kappa shape index (κ2) is 2.51. The summed E-state index contributed by atoms with van der Waals surface area (Å²) in [6.45, 7) is 4.53. The zero-order valence-corrected chi connectivity index (χ0v) is 6.22. The van der Waals surface area contributed by atoms with Crippen LogP contribution >= 0.6 is 0 Å². The van der Waals surface area contributed by atoms with Crippen LogP contribution in [0.1, 0.15) is 26.7 Å². The first-order valence-electron chi connectivity index (χ1n) is 3.74. The molecular weight excluding hydrogens is 110 g/mol. The summed E-state index contributed by atoms with van der Waals surface area (Å²) in [5, 5.41) is 7.10. The molecule has 0 heterocycles. The first-order valence-corrected chi connectivity index (χ1v) is 3.74. The van der Waals surface area contributed by atoms with Gasteiger partial charge in [-0.25, -0.2) is 0 Å². The van der Waals surface area contributed by atoms with E-state index in [0.717, 1.165) is 11.8 Å². The van der Waals surface area contributed by atoms with E-state index in [9.17, 15) is 0 Å². The van der Waals surface area contributed by atoms with E-state index >= 15 is 0 Å². The van der Waals surface area contributed by atoms with Crippen LogP contribution in [0.3, 0.4) is 0 Å². The smallest absolute Gasteiger partial charge is 0.00140 e. The molecule has 52 valence electrons. The van der Waals surface area contributed by atoms with E-state index in [-0.39, 0.29) is 0 Å². The molecule has 3 unspecified atom stereocenters. The van der Waals surface area contributed by atoms with Gasteiger partial charge >= 0.3 is 0 Å².